The minimum Gasteiger partial charge on any atom is -0.481 e. The summed E-state index contributed by atoms with van der Waals surface area (Å²) in [6.45, 7) is 1.15. The third kappa shape index (κ3) is 12.1. The highest BCUT2D eigenvalue weighted by molar-refractivity contribution is 7.98. The van der Waals surface area contributed by atoms with Crippen LogP contribution in [0.1, 0.15) is 32.6 Å². The SMILES string of the molecule is CSCCC(NC(=O)C(CC(=O)O)NC(=O)C(N)CCC(=O)O)C(=O)NC(C(=O)O)C(C)O. The second-order valence-corrected chi connectivity index (χ2v) is 8.09. The van der Waals surface area contributed by atoms with E-state index in [2.05, 4.69) is 16.0 Å². The van der Waals surface area contributed by atoms with E-state index in [0.717, 1.165) is 6.92 Å². The highest BCUT2D eigenvalue weighted by Crippen LogP contribution is 2.05. The van der Waals surface area contributed by atoms with Gasteiger partial charge in [-0.3, -0.25) is 24.0 Å². The topological polar surface area (TPSA) is 245 Å². The van der Waals surface area contributed by atoms with E-state index >= 15 is 0 Å². The van der Waals surface area contributed by atoms with E-state index in [-0.39, 0.29) is 12.8 Å². The summed E-state index contributed by atoms with van der Waals surface area (Å²) in [6, 6.07) is -5.89. The molecule has 0 rings (SSSR count). The number of hydrogen-bond donors (Lipinski definition) is 8. The summed E-state index contributed by atoms with van der Waals surface area (Å²) < 4.78 is 0. The van der Waals surface area contributed by atoms with Gasteiger partial charge in [0.05, 0.1) is 18.6 Å². The van der Waals surface area contributed by atoms with Crippen molar-refractivity contribution in [3.63, 3.8) is 0 Å². The second kappa shape index (κ2) is 15.0. The molecule has 15 heteroatoms. The molecule has 3 amide bonds. The number of carboxylic acids is 3. The lowest BCUT2D eigenvalue weighted by Gasteiger charge is -2.25. The van der Waals surface area contributed by atoms with Crippen LogP contribution in [0.5, 0.6) is 0 Å². The van der Waals surface area contributed by atoms with Gasteiger partial charge < -0.3 is 42.1 Å². The lowest BCUT2D eigenvalue weighted by Crippen LogP contribution is -2.58. The number of aliphatic hydroxyl groups excluding tert-OH is 1. The fourth-order valence-corrected chi connectivity index (χ4v) is 2.96. The van der Waals surface area contributed by atoms with Crippen LogP contribution in [0, 0.1) is 0 Å². The first kappa shape index (κ1) is 30.1. The molecule has 14 nitrogen and oxygen atoms in total. The number of hydrogen-bond acceptors (Lipinski definition) is 9. The lowest BCUT2D eigenvalue weighted by molar-refractivity contribution is -0.145. The summed E-state index contributed by atoms with van der Waals surface area (Å²) in [4.78, 5) is 70.3. The van der Waals surface area contributed by atoms with Crippen molar-refractivity contribution >= 4 is 47.4 Å². The first-order valence-corrected chi connectivity index (χ1v) is 11.2. The number of nitrogens with two attached hydrogens (primary N) is 1. The van der Waals surface area contributed by atoms with Crippen LogP contribution >= 0.6 is 11.8 Å². The van der Waals surface area contributed by atoms with Crippen LogP contribution in [-0.2, 0) is 28.8 Å². The minimum atomic E-state index is -1.65. The van der Waals surface area contributed by atoms with E-state index in [1.54, 1.807) is 6.26 Å². The quantitative estimate of drug-likeness (QED) is 0.109. The monoisotopic (exact) mass is 494 g/mol. The molecule has 0 saturated heterocycles. The van der Waals surface area contributed by atoms with Gasteiger partial charge in [-0.1, -0.05) is 0 Å². The average molecular weight is 495 g/mol. The van der Waals surface area contributed by atoms with Gasteiger partial charge in [0.1, 0.15) is 12.1 Å². The van der Waals surface area contributed by atoms with E-state index in [4.69, 9.17) is 21.1 Å². The summed E-state index contributed by atoms with van der Waals surface area (Å²) in [7, 11) is 0. The summed E-state index contributed by atoms with van der Waals surface area (Å²) in [5.74, 6) is -6.70. The highest BCUT2D eigenvalue weighted by atomic mass is 32.2. The smallest absolute Gasteiger partial charge is 0.328 e. The zero-order valence-electron chi connectivity index (χ0n) is 18.1. The maximum atomic E-state index is 12.7. The molecule has 5 unspecified atom stereocenters. The van der Waals surface area contributed by atoms with Crippen molar-refractivity contribution < 1.29 is 49.2 Å². The van der Waals surface area contributed by atoms with E-state index in [1.165, 1.54) is 11.8 Å². The molecule has 0 aliphatic carbocycles. The van der Waals surface area contributed by atoms with E-state index in [0.29, 0.717) is 5.75 Å². The Morgan fingerprint density at radius 3 is 1.85 bits per heavy atom. The van der Waals surface area contributed by atoms with E-state index < -0.39 is 78.7 Å². The number of aliphatic carboxylic acids is 3. The van der Waals surface area contributed by atoms with E-state index in [1.807, 2.05) is 0 Å². The molecule has 0 aliphatic heterocycles. The summed E-state index contributed by atoms with van der Waals surface area (Å²) >= 11 is 1.32. The number of nitrogens with one attached hydrogen (secondary N) is 3. The van der Waals surface area contributed by atoms with Gasteiger partial charge in [0.15, 0.2) is 6.04 Å². The molecule has 0 aromatic heterocycles. The molecule has 188 valence electrons. The van der Waals surface area contributed by atoms with Crippen molar-refractivity contribution in [1.29, 1.82) is 0 Å². The number of carbonyl (C=O) groups excluding carboxylic acids is 3. The Morgan fingerprint density at radius 1 is 0.848 bits per heavy atom. The zero-order chi connectivity index (χ0) is 25.7. The van der Waals surface area contributed by atoms with Crippen molar-refractivity contribution in [2.24, 2.45) is 5.73 Å². The van der Waals surface area contributed by atoms with Crippen LogP contribution in [0.2, 0.25) is 0 Å². The Balaban J connectivity index is 5.44. The number of carbonyl (C=O) groups is 6. The Kier molecular flexibility index (Phi) is 13.7. The Hall–Kier alpha value is -2.91. The van der Waals surface area contributed by atoms with Crippen molar-refractivity contribution in [3.8, 4) is 0 Å². The molecule has 0 heterocycles. The van der Waals surface area contributed by atoms with E-state index in [9.17, 15) is 33.9 Å². The summed E-state index contributed by atoms with van der Waals surface area (Å²) in [6.07, 6.45) is -1.21. The van der Waals surface area contributed by atoms with Gasteiger partial charge in [0, 0.05) is 6.42 Å². The number of amides is 3. The molecule has 33 heavy (non-hydrogen) atoms. The van der Waals surface area contributed by atoms with Gasteiger partial charge >= 0.3 is 17.9 Å². The lowest BCUT2D eigenvalue weighted by atomic mass is 10.1. The van der Waals surface area contributed by atoms with Gasteiger partial charge in [-0.25, -0.2) is 4.79 Å². The standard InChI is InChI=1S/C18H30N4O10S/c1-8(23)14(18(31)32)22-16(29)10(5-6-33-2)20-17(30)11(7-13(26)27)21-15(28)9(19)3-4-12(24)25/h8-11,14,23H,3-7,19H2,1-2H3,(H,20,30)(H,21,28)(H,22,29)(H,24,25)(H,26,27)(H,31,32). The van der Waals surface area contributed by atoms with Gasteiger partial charge in [-0.2, -0.15) is 11.8 Å². The molecule has 0 fully saturated rings. The zero-order valence-corrected chi connectivity index (χ0v) is 19.0. The molecule has 0 aromatic carbocycles. The average Bonchev–Trinajstić information content (AvgIpc) is 2.71. The fraction of sp³-hybridized carbons (Fsp3) is 0.667. The predicted octanol–water partition coefficient (Wildman–Crippen LogP) is -2.67. The van der Waals surface area contributed by atoms with Crippen molar-refractivity contribution in [2.75, 3.05) is 12.0 Å². The molecule has 0 aliphatic rings. The second-order valence-electron chi connectivity index (χ2n) is 7.11. The predicted molar refractivity (Wildman–Crippen MR) is 115 cm³/mol. The van der Waals surface area contributed by atoms with Gasteiger partial charge in [-0.15, -0.1) is 0 Å². The highest BCUT2D eigenvalue weighted by Gasteiger charge is 2.32. The van der Waals surface area contributed by atoms with Crippen LogP contribution in [0.3, 0.4) is 0 Å². The molecule has 0 aromatic rings. The van der Waals surface area contributed by atoms with Crippen molar-refractivity contribution in [2.45, 2.75) is 62.9 Å². The number of rotatable bonds is 16. The third-order valence-electron chi connectivity index (χ3n) is 4.31. The largest absolute Gasteiger partial charge is 0.481 e. The molecule has 5 atom stereocenters. The molecule has 9 N–H and O–H groups in total. The Bertz CT molecular complexity index is 733. The fourth-order valence-electron chi connectivity index (χ4n) is 2.49. The maximum Gasteiger partial charge on any atom is 0.328 e. The first-order valence-electron chi connectivity index (χ1n) is 9.80. The third-order valence-corrected chi connectivity index (χ3v) is 4.95. The summed E-state index contributed by atoms with van der Waals surface area (Å²) in [5, 5.41) is 42.9. The molecule has 0 spiro atoms. The van der Waals surface area contributed by atoms with Crippen LogP contribution in [0.4, 0.5) is 0 Å². The molecule has 0 bridgehead atoms. The normalized spacial score (nSPS) is 15.3. The van der Waals surface area contributed by atoms with Crippen LogP contribution in [0.15, 0.2) is 0 Å². The molecular formula is C18H30N4O10S. The van der Waals surface area contributed by atoms with Gasteiger partial charge in [0.25, 0.3) is 0 Å². The van der Waals surface area contributed by atoms with Gasteiger partial charge in [0.2, 0.25) is 17.7 Å². The molecule has 0 radical (unpaired) electrons. The number of carboxylic acid groups (broad SMARTS) is 3. The first-order chi connectivity index (χ1) is 15.3. The minimum absolute atomic E-state index is 0.0384. The Labute approximate surface area is 193 Å². The van der Waals surface area contributed by atoms with Crippen LogP contribution in [-0.4, -0.2) is 98.3 Å². The summed E-state index contributed by atoms with van der Waals surface area (Å²) in [5.41, 5.74) is 5.57. The van der Waals surface area contributed by atoms with Crippen molar-refractivity contribution in [1.82, 2.24) is 16.0 Å². The van der Waals surface area contributed by atoms with Gasteiger partial charge in [-0.05, 0) is 31.8 Å². The van der Waals surface area contributed by atoms with Crippen LogP contribution in [0.25, 0.3) is 0 Å². The number of aliphatic hydroxyl groups is 1. The maximum absolute atomic E-state index is 12.7. The molecule has 0 saturated carbocycles. The molecular weight excluding hydrogens is 464 g/mol. The van der Waals surface area contributed by atoms with Crippen LogP contribution < -0.4 is 21.7 Å². The van der Waals surface area contributed by atoms with Crippen molar-refractivity contribution in [3.05, 3.63) is 0 Å². The number of thioether (sulfide) groups is 1. The Morgan fingerprint density at radius 2 is 1.39 bits per heavy atom.